The number of thioether (sulfide) groups is 1. The Balaban J connectivity index is 1.58. The number of nitrogens with zero attached hydrogens (tertiary/aromatic N) is 2. The summed E-state index contributed by atoms with van der Waals surface area (Å²) in [4.78, 5) is 19.1. The highest BCUT2D eigenvalue weighted by atomic mass is 32.2. The normalized spacial score (nSPS) is 24.9. The van der Waals surface area contributed by atoms with Crippen molar-refractivity contribution in [1.82, 2.24) is 10.2 Å². The summed E-state index contributed by atoms with van der Waals surface area (Å²) in [6, 6.07) is 6.41. The zero-order chi connectivity index (χ0) is 22.6. The number of aliphatic imine (C=N–C) groups is 1. The van der Waals surface area contributed by atoms with Crippen LogP contribution in [0.5, 0.6) is 0 Å². The van der Waals surface area contributed by atoms with Gasteiger partial charge in [0.1, 0.15) is 5.82 Å². The van der Waals surface area contributed by atoms with Crippen molar-refractivity contribution in [2.75, 3.05) is 19.6 Å². The van der Waals surface area contributed by atoms with Gasteiger partial charge >= 0.3 is 0 Å². The van der Waals surface area contributed by atoms with Crippen molar-refractivity contribution in [2.45, 2.75) is 56.9 Å². The van der Waals surface area contributed by atoms with E-state index in [4.69, 9.17) is 0 Å². The molecule has 2 atom stereocenters. The van der Waals surface area contributed by atoms with Crippen LogP contribution in [-0.2, 0) is 4.79 Å². The van der Waals surface area contributed by atoms with Crippen LogP contribution in [0.4, 0.5) is 4.39 Å². The predicted molar refractivity (Wildman–Crippen MR) is 126 cm³/mol. The number of allylic oxidation sites excluding steroid dienone is 3. The first-order chi connectivity index (χ1) is 14.7. The summed E-state index contributed by atoms with van der Waals surface area (Å²) < 4.78 is 12.7. The van der Waals surface area contributed by atoms with Crippen LogP contribution in [-0.4, -0.2) is 51.1 Å². The summed E-state index contributed by atoms with van der Waals surface area (Å²) >= 11 is 1.56. The standard InChI is InChI=1S/C24H32FN3O2S/c1-5-6-7-17(2)21(29)28-14-12-24(30,13-15-28)23(4)16-26-22(31-23)27-18(3)19-8-10-20(25)11-9-19/h5-11,18,30H,12-16H2,1-4H3,(H,26,27)/b6-5-,17-7+/t18-,23?/m0/s1. The lowest BCUT2D eigenvalue weighted by atomic mass is 9.79. The smallest absolute Gasteiger partial charge is 0.249 e. The number of carbonyl (C=O) groups is 1. The second-order valence-electron chi connectivity index (χ2n) is 8.57. The molecule has 0 radical (unpaired) electrons. The molecule has 1 saturated heterocycles. The predicted octanol–water partition coefficient (Wildman–Crippen LogP) is 4.21. The topological polar surface area (TPSA) is 64.9 Å². The SMILES string of the molecule is C/C=C\C=C(/C)C(=O)N1CCC(O)(C2(C)CN=C(N[C@@H](C)c3ccc(F)cc3)S2)CC1. The van der Waals surface area contributed by atoms with E-state index in [1.807, 2.05) is 50.8 Å². The third kappa shape index (κ3) is 5.21. The number of rotatable bonds is 5. The molecule has 0 aliphatic carbocycles. The average Bonchev–Trinajstić information content (AvgIpc) is 3.14. The Kier molecular flexibility index (Phi) is 7.27. The molecule has 168 valence electrons. The number of hydrogen-bond acceptors (Lipinski definition) is 5. The number of amides is 1. The van der Waals surface area contributed by atoms with Crippen LogP contribution in [0.3, 0.4) is 0 Å². The minimum atomic E-state index is -0.901. The molecule has 1 aromatic carbocycles. The Hall–Kier alpha value is -2.12. The number of benzene rings is 1. The fourth-order valence-electron chi connectivity index (χ4n) is 4.01. The van der Waals surface area contributed by atoms with E-state index < -0.39 is 10.3 Å². The molecule has 0 bridgehead atoms. The van der Waals surface area contributed by atoms with Crippen LogP contribution in [0.2, 0.25) is 0 Å². The largest absolute Gasteiger partial charge is 0.388 e. The summed E-state index contributed by atoms with van der Waals surface area (Å²) in [6.07, 6.45) is 6.63. The summed E-state index contributed by atoms with van der Waals surface area (Å²) in [5.41, 5.74) is 0.779. The van der Waals surface area contributed by atoms with Gasteiger partial charge in [-0.25, -0.2) is 4.39 Å². The molecule has 0 spiro atoms. The van der Waals surface area contributed by atoms with E-state index >= 15 is 0 Å². The fraction of sp³-hybridized carbons (Fsp3) is 0.500. The van der Waals surface area contributed by atoms with Gasteiger partial charge in [0.05, 0.1) is 22.9 Å². The Bertz CT molecular complexity index is 889. The molecule has 31 heavy (non-hydrogen) atoms. The van der Waals surface area contributed by atoms with Crippen molar-refractivity contribution in [3.05, 3.63) is 59.4 Å². The number of amidine groups is 1. The number of halogens is 1. The number of aliphatic hydroxyl groups is 1. The number of piperidine rings is 1. The molecule has 1 aromatic rings. The Morgan fingerprint density at radius 2 is 1.97 bits per heavy atom. The van der Waals surface area contributed by atoms with Crippen LogP contribution in [0.1, 0.15) is 52.1 Å². The summed E-state index contributed by atoms with van der Waals surface area (Å²) in [5, 5.41) is 15.7. The van der Waals surface area contributed by atoms with Crippen molar-refractivity contribution < 1.29 is 14.3 Å². The van der Waals surface area contributed by atoms with Crippen LogP contribution < -0.4 is 5.32 Å². The molecular formula is C24H32FN3O2S. The van der Waals surface area contributed by atoms with E-state index in [-0.39, 0.29) is 17.8 Å². The third-order valence-corrected chi connectivity index (χ3v) is 7.69. The molecule has 3 rings (SSSR count). The molecule has 5 nitrogen and oxygen atoms in total. The molecule has 0 aromatic heterocycles. The highest BCUT2D eigenvalue weighted by molar-refractivity contribution is 8.15. The van der Waals surface area contributed by atoms with Gasteiger partial charge in [-0.1, -0.05) is 42.1 Å². The molecule has 1 unspecified atom stereocenters. The number of hydrogen-bond donors (Lipinski definition) is 2. The number of carbonyl (C=O) groups excluding carboxylic acids is 1. The van der Waals surface area contributed by atoms with E-state index in [1.54, 1.807) is 23.9 Å². The Morgan fingerprint density at radius 3 is 2.58 bits per heavy atom. The fourth-order valence-corrected chi connectivity index (χ4v) is 5.32. The molecule has 7 heteroatoms. The van der Waals surface area contributed by atoms with Gasteiger partial charge in [0.2, 0.25) is 5.91 Å². The van der Waals surface area contributed by atoms with Crippen LogP contribution >= 0.6 is 11.8 Å². The Morgan fingerprint density at radius 1 is 1.32 bits per heavy atom. The molecule has 1 amide bonds. The molecule has 2 heterocycles. The lowest BCUT2D eigenvalue weighted by Crippen LogP contribution is -2.58. The molecule has 2 aliphatic heterocycles. The maximum Gasteiger partial charge on any atom is 0.249 e. The highest BCUT2D eigenvalue weighted by Gasteiger charge is 2.52. The molecular weight excluding hydrogens is 413 g/mol. The van der Waals surface area contributed by atoms with Gasteiger partial charge in [0, 0.05) is 18.7 Å². The zero-order valence-corrected chi connectivity index (χ0v) is 19.5. The summed E-state index contributed by atoms with van der Waals surface area (Å²) in [6.45, 7) is 9.37. The quantitative estimate of drug-likeness (QED) is 0.526. The van der Waals surface area contributed by atoms with Crippen molar-refractivity contribution >= 4 is 22.8 Å². The Labute approximate surface area is 188 Å². The maximum absolute atomic E-state index is 13.2. The highest BCUT2D eigenvalue weighted by Crippen LogP contribution is 2.46. The number of likely N-dealkylation sites (tertiary alicyclic amines) is 1. The number of nitrogens with one attached hydrogen (secondary N) is 1. The van der Waals surface area contributed by atoms with E-state index in [0.29, 0.717) is 38.0 Å². The van der Waals surface area contributed by atoms with E-state index in [1.165, 1.54) is 12.1 Å². The van der Waals surface area contributed by atoms with Gasteiger partial charge in [-0.2, -0.15) is 0 Å². The molecule has 0 saturated carbocycles. The van der Waals surface area contributed by atoms with E-state index in [0.717, 1.165) is 10.7 Å². The van der Waals surface area contributed by atoms with Gasteiger partial charge in [0.25, 0.3) is 0 Å². The van der Waals surface area contributed by atoms with Gasteiger partial charge in [-0.05, 0) is 58.2 Å². The van der Waals surface area contributed by atoms with Crippen LogP contribution in [0.15, 0.2) is 53.1 Å². The first kappa shape index (κ1) is 23.5. The maximum atomic E-state index is 13.2. The van der Waals surface area contributed by atoms with E-state index in [2.05, 4.69) is 10.3 Å². The van der Waals surface area contributed by atoms with Crippen molar-refractivity contribution in [3.63, 3.8) is 0 Å². The molecule has 2 N–H and O–H groups in total. The second kappa shape index (κ2) is 9.57. The van der Waals surface area contributed by atoms with Crippen LogP contribution in [0, 0.1) is 5.82 Å². The summed E-state index contributed by atoms with van der Waals surface area (Å²) in [7, 11) is 0. The lowest BCUT2D eigenvalue weighted by Gasteiger charge is -2.46. The minimum Gasteiger partial charge on any atom is -0.388 e. The first-order valence-corrected chi connectivity index (χ1v) is 11.6. The molecule has 2 aliphatic rings. The van der Waals surface area contributed by atoms with Crippen molar-refractivity contribution in [1.29, 1.82) is 0 Å². The third-order valence-electron chi connectivity index (χ3n) is 6.29. The van der Waals surface area contributed by atoms with Gasteiger partial charge in [-0.15, -0.1) is 0 Å². The van der Waals surface area contributed by atoms with E-state index in [9.17, 15) is 14.3 Å². The van der Waals surface area contributed by atoms with Crippen molar-refractivity contribution in [2.24, 2.45) is 4.99 Å². The second-order valence-corrected chi connectivity index (χ2v) is 10.1. The van der Waals surface area contributed by atoms with Gasteiger partial charge in [0.15, 0.2) is 5.17 Å². The summed E-state index contributed by atoms with van der Waals surface area (Å²) in [5.74, 6) is -0.230. The first-order valence-electron chi connectivity index (χ1n) is 10.7. The average molecular weight is 446 g/mol. The minimum absolute atomic E-state index is 0.0183. The van der Waals surface area contributed by atoms with Crippen LogP contribution in [0.25, 0.3) is 0 Å². The van der Waals surface area contributed by atoms with Gasteiger partial charge in [-0.3, -0.25) is 9.79 Å². The van der Waals surface area contributed by atoms with Crippen molar-refractivity contribution in [3.8, 4) is 0 Å². The zero-order valence-electron chi connectivity index (χ0n) is 18.7. The lowest BCUT2D eigenvalue weighted by molar-refractivity contribution is -0.132. The molecule has 1 fully saturated rings. The van der Waals surface area contributed by atoms with Gasteiger partial charge < -0.3 is 15.3 Å². The monoisotopic (exact) mass is 445 g/mol.